The summed E-state index contributed by atoms with van der Waals surface area (Å²) in [4.78, 5) is 9.62. The fourth-order valence-corrected chi connectivity index (χ4v) is 0.354. The van der Waals surface area contributed by atoms with Crippen LogP contribution in [-0.4, -0.2) is 25.2 Å². The van der Waals surface area contributed by atoms with Gasteiger partial charge in [-0.1, -0.05) is 10.3 Å². The molecule has 0 radical (unpaired) electrons. The van der Waals surface area contributed by atoms with Gasteiger partial charge in [0.25, 0.3) is 0 Å². The Balaban J connectivity index is 3.34. The average Bonchev–Trinajstić information content (AvgIpc) is 1.30. The number of rotatable bonds is 2. The lowest BCUT2D eigenvalue weighted by atomic mass is 11.7. The van der Waals surface area contributed by atoms with E-state index >= 15 is 0 Å². The van der Waals surface area contributed by atoms with E-state index in [9.17, 15) is 4.79 Å². The summed E-state index contributed by atoms with van der Waals surface area (Å²) in [5.41, 5.74) is 0. The Morgan fingerprint density at radius 1 is 1.43 bits per heavy atom. The van der Waals surface area contributed by atoms with Crippen molar-refractivity contribution in [2.45, 2.75) is 0 Å². The maximum Gasteiger partial charge on any atom is 0.303 e. The molecule has 0 spiro atoms. The molecule has 0 aliphatic heterocycles. The summed E-state index contributed by atoms with van der Waals surface area (Å²) in [6.07, 6.45) is 5.71. The minimum Gasteiger partial charge on any atom is -0.418 e. The topological polar surface area (TPSA) is 26.3 Å². The summed E-state index contributed by atoms with van der Waals surface area (Å²) < 4.78 is 4.63. The van der Waals surface area contributed by atoms with E-state index in [-0.39, 0.29) is 0 Å². The molecule has 0 saturated heterocycles. The van der Waals surface area contributed by atoms with Crippen LogP contribution < -0.4 is 0 Å². The van der Waals surface area contributed by atoms with Crippen molar-refractivity contribution in [1.29, 1.82) is 0 Å². The van der Waals surface area contributed by atoms with Gasteiger partial charge in [0.1, 0.15) is 0 Å². The van der Waals surface area contributed by atoms with Gasteiger partial charge in [-0.2, -0.15) is 0 Å². The smallest absolute Gasteiger partial charge is 0.303 e. The van der Waals surface area contributed by atoms with E-state index in [1.807, 2.05) is 18.8 Å². The summed E-state index contributed by atoms with van der Waals surface area (Å²) in [7, 11) is -1.04. The van der Waals surface area contributed by atoms with Crippen LogP contribution in [-0.2, 0) is 8.98 Å². The zero-order valence-electron chi connectivity index (χ0n) is 4.80. The molecule has 0 heterocycles. The Bertz CT molecular complexity index is 64.6. The van der Waals surface area contributed by atoms with Crippen LogP contribution >= 0.6 is 10.3 Å². The van der Waals surface area contributed by atoms with Gasteiger partial charge in [0.15, 0.2) is 0 Å². The standard InChI is InChI=1S/C4H10O2S/c1-7(2,3)6-4-5/h4H,1-3H3. The highest BCUT2D eigenvalue weighted by molar-refractivity contribution is 8.28. The number of hydrogen-bond acceptors (Lipinski definition) is 2. The fraction of sp³-hybridized carbons (Fsp3) is 0.750. The summed E-state index contributed by atoms with van der Waals surface area (Å²) in [6, 6.07) is 0. The third kappa shape index (κ3) is 5.82. The van der Waals surface area contributed by atoms with E-state index in [0.717, 1.165) is 0 Å². The first kappa shape index (κ1) is 6.82. The highest BCUT2D eigenvalue weighted by atomic mass is 32.3. The van der Waals surface area contributed by atoms with E-state index in [2.05, 4.69) is 4.18 Å². The molecule has 0 bridgehead atoms. The molecule has 0 saturated carbocycles. The zero-order valence-corrected chi connectivity index (χ0v) is 5.62. The summed E-state index contributed by atoms with van der Waals surface area (Å²) in [5, 5.41) is 0. The van der Waals surface area contributed by atoms with Gasteiger partial charge in [-0.05, 0) is 18.8 Å². The second kappa shape index (κ2) is 2.21. The minimum atomic E-state index is -1.04. The van der Waals surface area contributed by atoms with E-state index in [1.165, 1.54) is 0 Å². The highest BCUT2D eigenvalue weighted by Gasteiger charge is 1.99. The van der Waals surface area contributed by atoms with Gasteiger partial charge in [0, 0.05) is 0 Å². The van der Waals surface area contributed by atoms with Crippen LogP contribution in [0.4, 0.5) is 0 Å². The SMILES string of the molecule is CS(C)(C)OC=O. The van der Waals surface area contributed by atoms with Crippen molar-refractivity contribution in [1.82, 2.24) is 0 Å². The van der Waals surface area contributed by atoms with Gasteiger partial charge in [0.2, 0.25) is 0 Å². The normalized spacial score (nSPS) is 13.0. The predicted molar refractivity (Wildman–Crippen MR) is 32.5 cm³/mol. The molecule has 0 N–H and O–H groups in total. The van der Waals surface area contributed by atoms with E-state index in [1.54, 1.807) is 0 Å². The fourth-order valence-electron chi connectivity index (χ4n) is 0.118. The molecule has 0 aromatic carbocycles. The molecule has 3 heteroatoms. The van der Waals surface area contributed by atoms with Gasteiger partial charge in [-0.15, -0.1) is 0 Å². The molecule has 2 nitrogen and oxygen atoms in total. The van der Waals surface area contributed by atoms with Crippen LogP contribution in [0.2, 0.25) is 0 Å². The predicted octanol–water partition coefficient (Wildman–Crippen LogP) is 0.768. The van der Waals surface area contributed by atoms with Crippen molar-refractivity contribution in [2.24, 2.45) is 0 Å². The van der Waals surface area contributed by atoms with Crippen molar-refractivity contribution in [3.63, 3.8) is 0 Å². The van der Waals surface area contributed by atoms with E-state index in [0.29, 0.717) is 6.47 Å². The Hall–Kier alpha value is -0.180. The van der Waals surface area contributed by atoms with Crippen molar-refractivity contribution in [3.05, 3.63) is 0 Å². The van der Waals surface area contributed by atoms with Crippen LogP contribution in [0.1, 0.15) is 0 Å². The van der Waals surface area contributed by atoms with Crippen LogP contribution in [0.3, 0.4) is 0 Å². The molecule has 7 heavy (non-hydrogen) atoms. The molecule has 0 unspecified atom stereocenters. The molecule has 0 aliphatic carbocycles. The molecule has 0 aromatic heterocycles. The maximum absolute atomic E-state index is 9.62. The van der Waals surface area contributed by atoms with Crippen LogP contribution in [0.15, 0.2) is 0 Å². The van der Waals surface area contributed by atoms with Gasteiger partial charge in [-0.3, -0.25) is 4.79 Å². The first-order valence-electron chi connectivity index (χ1n) is 1.86. The van der Waals surface area contributed by atoms with Crippen molar-refractivity contribution in [3.8, 4) is 0 Å². The first-order chi connectivity index (χ1) is 3.06. The summed E-state index contributed by atoms with van der Waals surface area (Å²) >= 11 is 0. The lowest BCUT2D eigenvalue weighted by Crippen LogP contribution is -1.94. The lowest BCUT2D eigenvalue weighted by molar-refractivity contribution is -0.119. The molecule has 0 amide bonds. The lowest BCUT2D eigenvalue weighted by Gasteiger charge is -2.20. The van der Waals surface area contributed by atoms with Crippen LogP contribution in [0.5, 0.6) is 0 Å². The number of hydrogen-bond donors (Lipinski definition) is 0. The van der Waals surface area contributed by atoms with Crippen molar-refractivity contribution in [2.75, 3.05) is 18.8 Å². The Morgan fingerprint density at radius 2 is 1.86 bits per heavy atom. The Morgan fingerprint density at radius 3 is 1.86 bits per heavy atom. The molecule has 0 rings (SSSR count). The summed E-state index contributed by atoms with van der Waals surface area (Å²) in [6.45, 7) is 0.495. The van der Waals surface area contributed by atoms with Crippen LogP contribution in [0.25, 0.3) is 0 Å². The maximum atomic E-state index is 9.62. The van der Waals surface area contributed by atoms with Gasteiger partial charge >= 0.3 is 6.47 Å². The molecule has 0 atom stereocenters. The first-order valence-corrected chi connectivity index (χ1v) is 4.65. The van der Waals surface area contributed by atoms with E-state index < -0.39 is 10.3 Å². The van der Waals surface area contributed by atoms with E-state index in [4.69, 9.17) is 0 Å². The molecular weight excluding hydrogens is 112 g/mol. The Labute approximate surface area is 45.4 Å². The molecule has 0 aliphatic rings. The molecule has 0 aromatic rings. The molecule has 44 valence electrons. The second-order valence-electron chi connectivity index (χ2n) is 1.92. The number of carbonyl (C=O) groups excluding carboxylic acids is 1. The van der Waals surface area contributed by atoms with Crippen LogP contribution in [0, 0.1) is 0 Å². The van der Waals surface area contributed by atoms with Gasteiger partial charge < -0.3 is 4.18 Å². The monoisotopic (exact) mass is 122 g/mol. The number of carbonyl (C=O) groups is 1. The molecular formula is C4H10O2S. The largest absolute Gasteiger partial charge is 0.418 e. The van der Waals surface area contributed by atoms with Crippen molar-refractivity contribution < 1.29 is 8.98 Å². The highest BCUT2D eigenvalue weighted by Crippen LogP contribution is 2.34. The van der Waals surface area contributed by atoms with Crippen molar-refractivity contribution >= 4 is 16.8 Å². The minimum absolute atomic E-state index is 0.495. The summed E-state index contributed by atoms with van der Waals surface area (Å²) in [5.74, 6) is 0. The average molecular weight is 122 g/mol. The second-order valence-corrected chi connectivity index (χ2v) is 5.56. The Kier molecular flexibility index (Phi) is 2.15. The molecule has 0 fully saturated rings. The third-order valence-corrected chi connectivity index (χ3v) is 0.984. The third-order valence-electron chi connectivity index (χ3n) is 0.328. The zero-order chi connectivity index (χ0) is 5.91. The van der Waals surface area contributed by atoms with Gasteiger partial charge in [0.05, 0.1) is 0 Å². The van der Waals surface area contributed by atoms with Gasteiger partial charge in [-0.25, -0.2) is 0 Å². The quantitative estimate of drug-likeness (QED) is 0.506.